The van der Waals surface area contributed by atoms with E-state index in [1.807, 2.05) is 84.9 Å². The van der Waals surface area contributed by atoms with Gasteiger partial charge >= 0.3 is 6.03 Å². The lowest BCUT2D eigenvalue weighted by molar-refractivity contribution is -0.164. The first-order chi connectivity index (χ1) is 17.5. The summed E-state index contributed by atoms with van der Waals surface area (Å²) < 4.78 is 0. The highest BCUT2D eigenvalue weighted by Gasteiger charge is 2.75. The maximum absolute atomic E-state index is 14.9. The van der Waals surface area contributed by atoms with Crippen LogP contribution in [0.3, 0.4) is 0 Å². The summed E-state index contributed by atoms with van der Waals surface area (Å²) in [4.78, 5) is 33.9. The normalized spacial score (nSPS) is 23.1. The van der Waals surface area contributed by atoms with Gasteiger partial charge in [-0.3, -0.25) is 14.6 Å². The molecule has 5 rings (SSSR count). The number of para-hydroxylation sites is 2. The number of anilines is 2. The zero-order valence-corrected chi connectivity index (χ0v) is 20.9. The molecule has 0 bridgehead atoms. The molecule has 1 N–H and O–H groups in total. The number of benzene rings is 3. The minimum Gasteiger partial charge on any atom is -0.364 e. The van der Waals surface area contributed by atoms with Crippen LogP contribution in [-0.4, -0.2) is 39.9 Å². The summed E-state index contributed by atoms with van der Waals surface area (Å²) in [6, 6.07) is 25.9. The van der Waals surface area contributed by atoms with Crippen molar-refractivity contribution < 1.29 is 14.7 Å². The van der Waals surface area contributed by atoms with Crippen LogP contribution in [0.2, 0.25) is 0 Å². The van der Waals surface area contributed by atoms with Gasteiger partial charge in [-0.15, -0.1) is 0 Å². The van der Waals surface area contributed by atoms with Crippen molar-refractivity contribution in [2.24, 2.45) is 0 Å². The van der Waals surface area contributed by atoms with Gasteiger partial charge in [0.05, 0.1) is 5.69 Å². The van der Waals surface area contributed by atoms with E-state index in [9.17, 15) is 14.7 Å². The Hall–Kier alpha value is -3.64. The molecule has 1 spiro atoms. The van der Waals surface area contributed by atoms with Crippen molar-refractivity contribution in [3.8, 4) is 0 Å². The van der Waals surface area contributed by atoms with Crippen LogP contribution in [0.4, 0.5) is 16.2 Å². The summed E-state index contributed by atoms with van der Waals surface area (Å²) in [5.74, 6) is -0.315. The highest BCUT2D eigenvalue weighted by atomic mass is 16.3. The van der Waals surface area contributed by atoms with Crippen LogP contribution in [0.5, 0.6) is 0 Å². The first-order valence-corrected chi connectivity index (χ1v) is 12.9. The minimum absolute atomic E-state index is 0.304. The van der Waals surface area contributed by atoms with E-state index >= 15 is 0 Å². The maximum atomic E-state index is 14.9. The van der Waals surface area contributed by atoms with Crippen LogP contribution >= 0.6 is 0 Å². The zero-order chi connectivity index (χ0) is 25.3. The Kier molecular flexibility index (Phi) is 6.31. The average Bonchev–Trinajstić information content (AvgIpc) is 3.29. The van der Waals surface area contributed by atoms with E-state index in [1.165, 1.54) is 4.90 Å². The summed E-state index contributed by atoms with van der Waals surface area (Å²) in [5, 5.41) is 12.9. The fourth-order valence-corrected chi connectivity index (χ4v) is 5.79. The Balaban J connectivity index is 1.84. The number of hydrogen-bond donors (Lipinski definition) is 1. The molecule has 2 heterocycles. The molecule has 6 nitrogen and oxygen atoms in total. The topological polar surface area (TPSA) is 64.1 Å². The van der Waals surface area contributed by atoms with Crippen LogP contribution in [-0.2, 0) is 16.1 Å². The van der Waals surface area contributed by atoms with Crippen molar-refractivity contribution in [2.45, 2.75) is 50.8 Å². The van der Waals surface area contributed by atoms with Gasteiger partial charge in [-0.25, -0.2) is 4.79 Å². The first-order valence-electron chi connectivity index (χ1n) is 12.9. The van der Waals surface area contributed by atoms with E-state index in [1.54, 1.807) is 9.80 Å². The predicted octanol–water partition coefficient (Wildman–Crippen LogP) is 5.74. The second kappa shape index (κ2) is 9.43. The lowest BCUT2D eigenvalue weighted by atomic mass is 9.76. The standard InChI is InChI=1S/C30H33N3O3/c1-3-5-21-31-28(35)32(22-6-4-2)30(36,23-15-9-7-10-16-23)29(31)25-19-13-14-20-26(25)33(27(29)34)24-17-11-8-12-18-24/h7-20,36H,3-6,21-22H2,1-2H3/t29-,30+/m0/s1. The van der Waals surface area contributed by atoms with Gasteiger partial charge in [0.2, 0.25) is 11.3 Å². The third kappa shape index (κ3) is 3.21. The third-order valence-electron chi connectivity index (χ3n) is 7.47. The van der Waals surface area contributed by atoms with Gasteiger partial charge < -0.3 is 10.0 Å². The van der Waals surface area contributed by atoms with E-state index in [0.717, 1.165) is 25.7 Å². The molecule has 3 aromatic carbocycles. The Morgan fingerprint density at radius 3 is 1.92 bits per heavy atom. The van der Waals surface area contributed by atoms with Gasteiger partial charge in [0.15, 0.2) is 0 Å². The Morgan fingerprint density at radius 1 is 0.722 bits per heavy atom. The fourth-order valence-electron chi connectivity index (χ4n) is 5.79. The summed E-state index contributed by atoms with van der Waals surface area (Å²) >= 11 is 0. The average molecular weight is 484 g/mol. The first kappa shape index (κ1) is 24.1. The molecule has 6 heteroatoms. The number of carbonyl (C=O) groups is 2. The maximum Gasteiger partial charge on any atom is 0.323 e. The molecule has 2 aliphatic heterocycles. The van der Waals surface area contributed by atoms with E-state index in [2.05, 4.69) is 13.8 Å². The summed E-state index contributed by atoms with van der Waals surface area (Å²) in [6.07, 6.45) is 3.16. The van der Waals surface area contributed by atoms with Gasteiger partial charge in [-0.05, 0) is 31.0 Å². The molecule has 1 saturated heterocycles. The molecule has 0 saturated carbocycles. The van der Waals surface area contributed by atoms with Crippen molar-refractivity contribution in [1.82, 2.24) is 9.80 Å². The number of rotatable bonds is 8. The molecule has 186 valence electrons. The molecule has 0 aromatic heterocycles. The molecule has 3 amide bonds. The molecule has 3 aromatic rings. The quantitative estimate of drug-likeness (QED) is 0.444. The largest absolute Gasteiger partial charge is 0.364 e. The second-order valence-electron chi connectivity index (χ2n) is 9.53. The molecule has 0 unspecified atom stereocenters. The molecule has 1 fully saturated rings. The van der Waals surface area contributed by atoms with Crippen LogP contribution in [0, 0.1) is 0 Å². The lowest BCUT2D eigenvalue weighted by Crippen LogP contribution is -2.62. The monoisotopic (exact) mass is 483 g/mol. The van der Waals surface area contributed by atoms with E-state index in [0.29, 0.717) is 35.6 Å². The van der Waals surface area contributed by atoms with Gasteiger partial charge in [-0.1, -0.05) is 93.4 Å². The summed E-state index contributed by atoms with van der Waals surface area (Å²) in [6.45, 7) is 4.84. The summed E-state index contributed by atoms with van der Waals surface area (Å²) in [5.41, 5.74) is -0.932. The number of urea groups is 1. The van der Waals surface area contributed by atoms with Crippen LogP contribution in [0.1, 0.15) is 50.7 Å². The van der Waals surface area contributed by atoms with Crippen LogP contribution in [0.15, 0.2) is 84.9 Å². The number of amides is 3. The van der Waals surface area contributed by atoms with Crippen LogP contribution < -0.4 is 4.90 Å². The highest BCUT2D eigenvalue weighted by Crippen LogP contribution is 2.60. The Bertz CT molecular complexity index is 1250. The molecular formula is C30H33N3O3. The van der Waals surface area contributed by atoms with E-state index in [-0.39, 0.29) is 11.9 Å². The number of fused-ring (bicyclic) bond motifs is 2. The highest BCUT2D eigenvalue weighted by molar-refractivity contribution is 6.16. The molecule has 0 radical (unpaired) electrons. The van der Waals surface area contributed by atoms with Crippen molar-refractivity contribution in [3.05, 3.63) is 96.1 Å². The van der Waals surface area contributed by atoms with Gasteiger partial charge in [0, 0.05) is 29.9 Å². The van der Waals surface area contributed by atoms with Crippen LogP contribution in [0.25, 0.3) is 0 Å². The molecule has 0 aliphatic carbocycles. The van der Waals surface area contributed by atoms with Crippen molar-refractivity contribution in [3.63, 3.8) is 0 Å². The van der Waals surface area contributed by atoms with Crippen molar-refractivity contribution >= 4 is 23.3 Å². The Morgan fingerprint density at radius 2 is 1.28 bits per heavy atom. The lowest BCUT2D eigenvalue weighted by Gasteiger charge is -2.44. The second-order valence-corrected chi connectivity index (χ2v) is 9.53. The number of aliphatic hydroxyl groups is 1. The SMILES string of the molecule is CCCCN1C(=O)N(CCCC)[C@@](O)(c2ccccc2)[C@]12C(=O)N(c1ccccc1)c1ccccc12. The van der Waals surface area contributed by atoms with Gasteiger partial charge in [-0.2, -0.15) is 0 Å². The molecule has 2 atom stereocenters. The molecular weight excluding hydrogens is 450 g/mol. The summed E-state index contributed by atoms with van der Waals surface area (Å²) in [7, 11) is 0. The third-order valence-corrected chi connectivity index (χ3v) is 7.47. The number of nitrogens with zero attached hydrogens (tertiary/aromatic N) is 3. The van der Waals surface area contributed by atoms with E-state index in [4.69, 9.17) is 0 Å². The van der Waals surface area contributed by atoms with Crippen molar-refractivity contribution in [1.29, 1.82) is 0 Å². The predicted molar refractivity (Wildman–Crippen MR) is 141 cm³/mol. The van der Waals surface area contributed by atoms with E-state index < -0.39 is 11.3 Å². The smallest absolute Gasteiger partial charge is 0.323 e. The van der Waals surface area contributed by atoms with Gasteiger partial charge in [0.25, 0.3) is 5.91 Å². The minimum atomic E-state index is -1.88. The number of unbranched alkanes of at least 4 members (excludes halogenated alkanes) is 2. The molecule has 2 aliphatic rings. The van der Waals surface area contributed by atoms with Gasteiger partial charge in [0.1, 0.15) is 0 Å². The molecule has 36 heavy (non-hydrogen) atoms. The number of hydrogen-bond acceptors (Lipinski definition) is 3. The van der Waals surface area contributed by atoms with Crippen molar-refractivity contribution in [2.75, 3.05) is 18.0 Å². The number of carbonyl (C=O) groups excluding carboxylic acids is 2. The Labute approximate surface area is 212 Å². The zero-order valence-electron chi connectivity index (χ0n) is 20.9. The fraction of sp³-hybridized carbons (Fsp3) is 0.333.